The summed E-state index contributed by atoms with van der Waals surface area (Å²) < 4.78 is 5.12. The first kappa shape index (κ1) is 13.5. The van der Waals surface area contributed by atoms with E-state index in [1.54, 1.807) is 0 Å². The van der Waals surface area contributed by atoms with E-state index in [0.29, 0.717) is 6.54 Å². The van der Waals surface area contributed by atoms with Gasteiger partial charge in [-0.05, 0) is 20.8 Å². The molecule has 0 bridgehead atoms. The number of amides is 1. The zero-order chi connectivity index (χ0) is 12.3. The van der Waals surface area contributed by atoms with Crippen molar-refractivity contribution in [3.8, 4) is 0 Å². The second kappa shape index (κ2) is 5.19. The highest BCUT2D eigenvalue weighted by Crippen LogP contribution is 2.33. The zero-order valence-corrected chi connectivity index (χ0v) is 11.5. The Morgan fingerprint density at radius 1 is 1.69 bits per heavy atom. The summed E-state index contributed by atoms with van der Waals surface area (Å²) in [5.41, 5.74) is -0.465. The molecule has 0 aromatic rings. The molecule has 92 valence electrons. The lowest BCUT2D eigenvalue weighted by Gasteiger charge is -2.19. The Bertz CT molecular complexity index is 302. The predicted octanol–water partition coefficient (Wildman–Crippen LogP) is 2.55. The molecule has 0 aliphatic carbocycles. The number of hydrogen-bond donors (Lipinski definition) is 1. The van der Waals surface area contributed by atoms with E-state index in [2.05, 4.69) is 5.32 Å². The number of hydrogen-bond acceptors (Lipinski definition) is 4. The minimum absolute atomic E-state index is 0.0876. The summed E-state index contributed by atoms with van der Waals surface area (Å²) in [4.78, 5) is 14.2. The molecular weight excluding hydrogens is 248 g/mol. The maximum Gasteiger partial charge on any atom is 0.407 e. The van der Waals surface area contributed by atoms with Crippen LogP contribution in [0.3, 0.4) is 0 Å². The van der Waals surface area contributed by atoms with Gasteiger partial charge < -0.3 is 15.0 Å². The maximum atomic E-state index is 11.4. The van der Waals surface area contributed by atoms with Crippen LogP contribution < -0.4 is 5.32 Å². The van der Waals surface area contributed by atoms with Crippen molar-refractivity contribution in [2.45, 2.75) is 31.2 Å². The number of nitrogens with zero attached hydrogens (tertiary/aromatic N) is 1. The number of nitrogens with one attached hydrogen (secondary N) is 1. The van der Waals surface area contributed by atoms with Crippen LogP contribution in [-0.4, -0.2) is 35.0 Å². The molecule has 0 radical (unpaired) electrons. The molecule has 1 amide bonds. The minimum atomic E-state index is -0.465. The van der Waals surface area contributed by atoms with Crippen molar-refractivity contribution in [2.24, 2.45) is 0 Å². The van der Waals surface area contributed by atoms with Crippen LogP contribution in [-0.2, 0) is 4.74 Å². The quantitative estimate of drug-likeness (QED) is 0.615. The molecule has 0 aromatic carbocycles. The first-order valence-corrected chi connectivity index (χ1v) is 6.30. The number of carbonyl (C=O) groups is 1. The molecule has 1 heterocycles. The summed E-state index contributed by atoms with van der Waals surface area (Å²) in [6.45, 7) is 5.95. The Morgan fingerprint density at radius 2 is 2.31 bits per heavy atom. The third-order valence-electron chi connectivity index (χ3n) is 1.72. The standard InChI is InChI=1S/C10H17ClN2O2S/c1-10(2,3)15-9(14)12-5-7-6-13(4)8(11)16-7/h6,8H,5H2,1-4H3,(H,12,14). The number of rotatable bonds is 2. The summed E-state index contributed by atoms with van der Waals surface area (Å²) in [7, 11) is 1.89. The number of alkyl carbamates (subject to hydrolysis) is 1. The minimum Gasteiger partial charge on any atom is -0.444 e. The van der Waals surface area contributed by atoms with Gasteiger partial charge in [-0.1, -0.05) is 23.4 Å². The van der Waals surface area contributed by atoms with Crippen LogP contribution in [0.15, 0.2) is 11.1 Å². The molecule has 4 nitrogen and oxygen atoms in total. The molecule has 6 heteroatoms. The Hall–Kier alpha value is -0.550. The highest BCUT2D eigenvalue weighted by molar-refractivity contribution is 8.04. The molecule has 1 N–H and O–H groups in total. The normalized spacial score (nSPS) is 20.7. The van der Waals surface area contributed by atoms with Crippen LogP contribution in [0.25, 0.3) is 0 Å². The van der Waals surface area contributed by atoms with Gasteiger partial charge in [0.2, 0.25) is 0 Å². The summed E-state index contributed by atoms with van der Waals surface area (Å²) >= 11 is 7.49. The highest BCUT2D eigenvalue weighted by atomic mass is 35.5. The van der Waals surface area contributed by atoms with E-state index in [1.807, 2.05) is 38.9 Å². The van der Waals surface area contributed by atoms with Crippen LogP contribution in [0.4, 0.5) is 4.79 Å². The van der Waals surface area contributed by atoms with E-state index in [1.165, 1.54) is 11.8 Å². The lowest BCUT2D eigenvalue weighted by molar-refractivity contribution is 0.0533. The van der Waals surface area contributed by atoms with Gasteiger partial charge in [0.25, 0.3) is 0 Å². The number of carbonyl (C=O) groups excluding carboxylic acids is 1. The second-order valence-corrected chi connectivity index (χ2v) is 6.41. The lowest BCUT2D eigenvalue weighted by atomic mass is 10.2. The van der Waals surface area contributed by atoms with Crippen LogP contribution in [0.2, 0.25) is 0 Å². The van der Waals surface area contributed by atoms with Crippen molar-refractivity contribution < 1.29 is 9.53 Å². The Morgan fingerprint density at radius 3 is 2.75 bits per heavy atom. The third-order valence-corrected chi connectivity index (χ3v) is 3.38. The highest BCUT2D eigenvalue weighted by Gasteiger charge is 2.21. The van der Waals surface area contributed by atoms with Crippen molar-refractivity contribution in [3.05, 3.63) is 11.1 Å². The van der Waals surface area contributed by atoms with Gasteiger partial charge in [0.1, 0.15) is 5.60 Å². The number of ether oxygens (including phenoxy) is 1. The maximum absolute atomic E-state index is 11.4. The van der Waals surface area contributed by atoms with Gasteiger partial charge in [0.05, 0.1) is 6.54 Å². The third kappa shape index (κ3) is 4.53. The monoisotopic (exact) mass is 264 g/mol. The number of halogens is 1. The molecule has 1 atom stereocenters. The van der Waals surface area contributed by atoms with Crippen molar-refractivity contribution in [2.75, 3.05) is 13.6 Å². The van der Waals surface area contributed by atoms with Crippen LogP contribution in [0.5, 0.6) is 0 Å². The Labute approximate surface area is 105 Å². The lowest BCUT2D eigenvalue weighted by Crippen LogP contribution is -2.33. The van der Waals surface area contributed by atoms with Crippen LogP contribution >= 0.6 is 23.4 Å². The molecule has 1 rings (SSSR count). The molecule has 0 aromatic heterocycles. The van der Waals surface area contributed by atoms with E-state index in [-0.39, 0.29) is 4.83 Å². The summed E-state index contributed by atoms with van der Waals surface area (Å²) in [5.74, 6) is 0. The second-order valence-electron chi connectivity index (χ2n) is 4.53. The summed E-state index contributed by atoms with van der Waals surface area (Å²) in [6.07, 6.45) is 1.51. The first-order chi connectivity index (χ1) is 7.28. The molecule has 1 aliphatic rings. The summed E-state index contributed by atoms with van der Waals surface area (Å²) in [6, 6.07) is 0. The van der Waals surface area contributed by atoms with Crippen molar-refractivity contribution in [3.63, 3.8) is 0 Å². The molecule has 0 saturated heterocycles. The van der Waals surface area contributed by atoms with Gasteiger partial charge in [-0.2, -0.15) is 0 Å². The Kier molecular flexibility index (Phi) is 4.38. The number of alkyl halides is 1. The van der Waals surface area contributed by atoms with Crippen molar-refractivity contribution >= 4 is 29.5 Å². The van der Waals surface area contributed by atoms with E-state index in [0.717, 1.165) is 4.91 Å². The van der Waals surface area contributed by atoms with Gasteiger partial charge in [-0.25, -0.2) is 4.79 Å². The molecule has 0 spiro atoms. The first-order valence-electron chi connectivity index (χ1n) is 4.98. The number of thioether (sulfide) groups is 1. The van der Waals surface area contributed by atoms with Crippen molar-refractivity contribution in [1.82, 2.24) is 10.2 Å². The largest absolute Gasteiger partial charge is 0.444 e. The van der Waals surface area contributed by atoms with Gasteiger partial charge in [-0.3, -0.25) is 0 Å². The average Bonchev–Trinajstić information content (AvgIpc) is 2.40. The smallest absolute Gasteiger partial charge is 0.407 e. The fraction of sp³-hybridized carbons (Fsp3) is 0.700. The summed E-state index contributed by atoms with van der Waals surface area (Å²) in [5, 5.41) is 2.69. The molecule has 0 saturated carbocycles. The van der Waals surface area contributed by atoms with Crippen molar-refractivity contribution in [1.29, 1.82) is 0 Å². The fourth-order valence-corrected chi connectivity index (χ4v) is 2.34. The van der Waals surface area contributed by atoms with E-state index < -0.39 is 11.7 Å². The molecule has 1 unspecified atom stereocenters. The van der Waals surface area contributed by atoms with Gasteiger partial charge in [0, 0.05) is 18.2 Å². The molecule has 1 aliphatic heterocycles. The Balaban J connectivity index is 2.31. The van der Waals surface area contributed by atoms with Crippen LogP contribution in [0.1, 0.15) is 20.8 Å². The topological polar surface area (TPSA) is 41.6 Å². The molecule has 0 fully saturated rings. The predicted molar refractivity (Wildman–Crippen MR) is 67.3 cm³/mol. The SMILES string of the molecule is CN1C=C(CNC(=O)OC(C)(C)C)SC1Cl. The molecular formula is C10H17ClN2O2S. The molecule has 16 heavy (non-hydrogen) atoms. The van der Waals surface area contributed by atoms with Gasteiger partial charge >= 0.3 is 6.09 Å². The zero-order valence-electron chi connectivity index (χ0n) is 9.91. The fourth-order valence-electron chi connectivity index (χ4n) is 1.08. The van der Waals surface area contributed by atoms with E-state index in [9.17, 15) is 4.79 Å². The van der Waals surface area contributed by atoms with Gasteiger partial charge in [0.15, 0.2) is 4.83 Å². The van der Waals surface area contributed by atoms with E-state index >= 15 is 0 Å². The average molecular weight is 265 g/mol. The van der Waals surface area contributed by atoms with E-state index in [4.69, 9.17) is 16.3 Å². The van der Waals surface area contributed by atoms with Crippen LogP contribution in [0, 0.1) is 0 Å². The van der Waals surface area contributed by atoms with Gasteiger partial charge in [-0.15, -0.1) is 0 Å².